The van der Waals surface area contributed by atoms with Crippen LogP contribution in [0.15, 0.2) is 55.6 Å². The number of ether oxygens (including phenoxy) is 1. The summed E-state index contributed by atoms with van der Waals surface area (Å²) in [5, 5.41) is 9.38. The number of likely N-dealkylation sites (tertiary alicyclic amines) is 1. The Bertz CT molecular complexity index is 1050. The van der Waals surface area contributed by atoms with Crippen molar-refractivity contribution in [3.8, 4) is 0 Å². The molecule has 0 saturated carbocycles. The van der Waals surface area contributed by atoms with Gasteiger partial charge in [-0.05, 0) is 37.7 Å². The van der Waals surface area contributed by atoms with Crippen LogP contribution in [-0.2, 0) is 25.7 Å². The van der Waals surface area contributed by atoms with Crippen LogP contribution in [-0.4, -0.2) is 88.1 Å². The Labute approximate surface area is 232 Å². The number of benzene rings is 1. The molecular formula is C31H43N3O5. The van der Waals surface area contributed by atoms with Crippen molar-refractivity contribution < 1.29 is 24.2 Å². The molecule has 1 aromatic carbocycles. The average molecular weight is 538 g/mol. The summed E-state index contributed by atoms with van der Waals surface area (Å²) in [5.74, 6) is -1.78. The van der Waals surface area contributed by atoms with Crippen LogP contribution in [0.5, 0.6) is 0 Å². The first-order valence-corrected chi connectivity index (χ1v) is 14.4. The van der Waals surface area contributed by atoms with E-state index in [1.165, 1.54) is 0 Å². The molecule has 1 aromatic rings. The van der Waals surface area contributed by atoms with Crippen molar-refractivity contribution in [3.05, 3.63) is 61.2 Å². The van der Waals surface area contributed by atoms with E-state index in [1.54, 1.807) is 26.9 Å². The molecule has 8 nitrogen and oxygen atoms in total. The normalized spacial score (nSPS) is 26.9. The molecule has 0 aliphatic carbocycles. The van der Waals surface area contributed by atoms with E-state index in [9.17, 15) is 19.5 Å². The molecule has 0 radical (unpaired) electrons. The van der Waals surface area contributed by atoms with Crippen molar-refractivity contribution in [2.75, 3.05) is 32.8 Å². The lowest BCUT2D eigenvalue weighted by Crippen LogP contribution is -2.56. The minimum atomic E-state index is -1.02. The quantitative estimate of drug-likeness (QED) is 0.274. The molecule has 3 aliphatic rings. The van der Waals surface area contributed by atoms with Gasteiger partial charge in [-0.25, -0.2) is 0 Å². The third-order valence-corrected chi connectivity index (χ3v) is 8.45. The number of nitrogens with zero attached hydrogens (tertiary/aromatic N) is 3. The maximum absolute atomic E-state index is 14.2. The van der Waals surface area contributed by atoms with E-state index in [1.807, 2.05) is 30.3 Å². The van der Waals surface area contributed by atoms with Gasteiger partial charge in [0.15, 0.2) is 0 Å². The maximum Gasteiger partial charge on any atom is 0.248 e. The number of carbonyl (C=O) groups is 3. The Hall–Kier alpha value is -2.97. The molecular weight excluding hydrogens is 494 g/mol. The van der Waals surface area contributed by atoms with E-state index >= 15 is 0 Å². The molecule has 3 aliphatic heterocycles. The van der Waals surface area contributed by atoms with Gasteiger partial charge < -0.3 is 24.5 Å². The number of carbonyl (C=O) groups excluding carboxylic acids is 3. The molecule has 2 bridgehead atoms. The lowest BCUT2D eigenvalue weighted by molar-refractivity contribution is -0.149. The fourth-order valence-electron chi connectivity index (χ4n) is 6.72. The fourth-order valence-corrected chi connectivity index (χ4v) is 6.72. The minimum absolute atomic E-state index is 0.0178. The number of fused-ring (bicyclic) bond motifs is 1. The van der Waals surface area contributed by atoms with Crippen molar-refractivity contribution in [3.63, 3.8) is 0 Å². The van der Waals surface area contributed by atoms with Crippen LogP contribution in [0.1, 0.15) is 51.0 Å². The highest BCUT2D eigenvalue weighted by atomic mass is 16.5. The SMILES string of the molecule is C=CCN(CCCC)C(=O)C1N(CCCCO)C(=O)[C@@H]2[C@H](C(=O)N(CC=C)Cc3ccccc3)[C@@H]3CCC12O3. The zero-order valence-electron chi connectivity index (χ0n) is 23.2. The first kappa shape index (κ1) is 29.0. The average Bonchev–Trinajstić information content (AvgIpc) is 3.58. The van der Waals surface area contributed by atoms with Gasteiger partial charge in [0.05, 0.1) is 17.9 Å². The molecule has 0 aromatic heterocycles. The van der Waals surface area contributed by atoms with Crippen LogP contribution in [0.2, 0.25) is 0 Å². The predicted octanol–water partition coefficient (Wildman–Crippen LogP) is 3.16. The molecule has 3 amide bonds. The topological polar surface area (TPSA) is 90.4 Å². The van der Waals surface area contributed by atoms with Crippen LogP contribution in [0, 0.1) is 11.8 Å². The van der Waals surface area contributed by atoms with E-state index in [0.29, 0.717) is 58.4 Å². The third-order valence-electron chi connectivity index (χ3n) is 8.45. The molecule has 3 fully saturated rings. The van der Waals surface area contributed by atoms with Crippen LogP contribution in [0.4, 0.5) is 0 Å². The number of hydrogen-bond donors (Lipinski definition) is 1. The van der Waals surface area contributed by atoms with Crippen LogP contribution in [0.25, 0.3) is 0 Å². The predicted molar refractivity (Wildman–Crippen MR) is 149 cm³/mol. The Kier molecular flexibility index (Phi) is 9.62. The summed E-state index contributed by atoms with van der Waals surface area (Å²) in [5.41, 5.74) is -0.0183. The maximum atomic E-state index is 14.2. The van der Waals surface area contributed by atoms with E-state index in [0.717, 1.165) is 18.4 Å². The molecule has 1 spiro atoms. The van der Waals surface area contributed by atoms with Gasteiger partial charge in [0.2, 0.25) is 17.7 Å². The summed E-state index contributed by atoms with van der Waals surface area (Å²) >= 11 is 0. The lowest BCUT2D eigenvalue weighted by atomic mass is 9.70. The van der Waals surface area contributed by atoms with Crippen LogP contribution < -0.4 is 0 Å². The third kappa shape index (κ3) is 5.54. The smallest absolute Gasteiger partial charge is 0.248 e. The van der Waals surface area contributed by atoms with Gasteiger partial charge in [-0.3, -0.25) is 14.4 Å². The van der Waals surface area contributed by atoms with Crippen LogP contribution in [0.3, 0.4) is 0 Å². The van der Waals surface area contributed by atoms with Gasteiger partial charge >= 0.3 is 0 Å². The number of aliphatic hydroxyl groups excluding tert-OH is 1. The highest BCUT2D eigenvalue weighted by Crippen LogP contribution is 2.59. The number of amides is 3. The standard InChI is InChI=1S/C31H43N3O5/c1-4-7-19-32(17-5-2)30(38)27-31-16-15-24(39-31)25(26(31)29(37)34(27)20-11-12-21-35)28(36)33(18-6-3)22-23-13-9-8-10-14-23/h5-6,8-10,13-14,24-27,35H,2-4,7,11-12,15-22H2,1H3/t24-,25+,26-,27?,31?/m0/s1. The van der Waals surface area contributed by atoms with Crippen molar-refractivity contribution in [2.24, 2.45) is 11.8 Å². The molecule has 5 atom stereocenters. The Balaban J connectivity index is 1.67. The molecule has 212 valence electrons. The van der Waals surface area contributed by atoms with Gasteiger partial charge in [-0.2, -0.15) is 0 Å². The molecule has 2 unspecified atom stereocenters. The van der Waals surface area contributed by atoms with E-state index in [2.05, 4.69) is 20.1 Å². The fraction of sp³-hybridized carbons (Fsp3) is 0.581. The Morgan fingerprint density at radius 3 is 2.49 bits per heavy atom. The van der Waals surface area contributed by atoms with E-state index in [4.69, 9.17) is 4.74 Å². The zero-order valence-corrected chi connectivity index (χ0v) is 23.2. The minimum Gasteiger partial charge on any atom is -0.396 e. The molecule has 4 rings (SSSR count). The van der Waals surface area contributed by atoms with Gasteiger partial charge in [0.1, 0.15) is 11.6 Å². The second-order valence-corrected chi connectivity index (χ2v) is 10.9. The van der Waals surface area contributed by atoms with Crippen molar-refractivity contribution in [1.29, 1.82) is 0 Å². The highest BCUT2D eigenvalue weighted by molar-refractivity contribution is 5.99. The summed E-state index contributed by atoms with van der Waals surface area (Å²) in [7, 11) is 0. The molecule has 1 N–H and O–H groups in total. The second kappa shape index (κ2) is 12.9. The number of aliphatic hydroxyl groups is 1. The second-order valence-electron chi connectivity index (χ2n) is 10.9. The first-order chi connectivity index (χ1) is 18.9. The van der Waals surface area contributed by atoms with Gasteiger partial charge in [0.25, 0.3) is 0 Å². The molecule has 8 heteroatoms. The van der Waals surface area contributed by atoms with Crippen molar-refractivity contribution >= 4 is 17.7 Å². The number of unbranched alkanes of at least 4 members (excludes halogenated alkanes) is 2. The Morgan fingerprint density at radius 2 is 1.82 bits per heavy atom. The summed E-state index contributed by atoms with van der Waals surface area (Å²) in [6.45, 7) is 11.9. The summed E-state index contributed by atoms with van der Waals surface area (Å²) in [6, 6.07) is 8.99. The molecule has 39 heavy (non-hydrogen) atoms. The van der Waals surface area contributed by atoms with Crippen molar-refractivity contribution in [2.45, 2.75) is 69.7 Å². The summed E-state index contributed by atoms with van der Waals surface area (Å²) in [6.07, 6.45) is 7.12. The van der Waals surface area contributed by atoms with Gasteiger partial charge in [-0.1, -0.05) is 55.8 Å². The summed E-state index contributed by atoms with van der Waals surface area (Å²) in [4.78, 5) is 47.6. The van der Waals surface area contributed by atoms with Crippen molar-refractivity contribution in [1.82, 2.24) is 14.7 Å². The lowest BCUT2D eigenvalue weighted by Gasteiger charge is -2.37. The monoisotopic (exact) mass is 537 g/mol. The Morgan fingerprint density at radius 1 is 1.10 bits per heavy atom. The van der Waals surface area contributed by atoms with Gasteiger partial charge in [0, 0.05) is 39.3 Å². The molecule has 3 heterocycles. The van der Waals surface area contributed by atoms with E-state index < -0.39 is 29.6 Å². The zero-order chi connectivity index (χ0) is 28.0. The molecule has 3 saturated heterocycles. The number of hydrogen-bond acceptors (Lipinski definition) is 5. The van der Waals surface area contributed by atoms with Crippen LogP contribution >= 0.6 is 0 Å². The van der Waals surface area contributed by atoms with E-state index in [-0.39, 0.29) is 24.3 Å². The largest absolute Gasteiger partial charge is 0.396 e. The first-order valence-electron chi connectivity index (χ1n) is 14.4. The van der Waals surface area contributed by atoms with Gasteiger partial charge in [-0.15, -0.1) is 13.2 Å². The highest BCUT2D eigenvalue weighted by Gasteiger charge is 2.74. The number of rotatable bonds is 15. The summed E-state index contributed by atoms with van der Waals surface area (Å²) < 4.78 is 6.61.